The van der Waals surface area contributed by atoms with Crippen LogP contribution in [0.1, 0.15) is 53.4 Å². The van der Waals surface area contributed by atoms with Crippen LogP contribution in [0.5, 0.6) is 0 Å². The minimum absolute atomic E-state index is 0.200. The molecule has 0 heterocycles. The molecule has 0 aromatic carbocycles. The van der Waals surface area contributed by atoms with E-state index in [1.54, 1.807) is 0 Å². The molecule has 3 aliphatic carbocycles. The number of ether oxygens (including phenoxy) is 1. The van der Waals surface area contributed by atoms with Crippen LogP contribution < -0.4 is 0 Å². The topological polar surface area (TPSA) is 9.23 Å². The van der Waals surface area contributed by atoms with Gasteiger partial charge in [-0.15, -0.1) is 0 Å². The largest absolute Gasteiger partial charge is 0.378 e. The summed E-state index contributed by atoms with van der Waals surface area (Å²) < 4.78 is 6.12. The molecule has 1 spiro atoms. The smallest absolute Gasteiger partial charge is 0.0738 e. The lowest BCUT2D eigenvalue weighted by molar-refractivity contribution is -0.110. The monoisotopic (exact) mass is 236 g/mol. The number of hydrogen-bond acceptors (Lipinski definition) is 1. The standard InChI is InChI=1S/C16H28O/c1-10(2)16(17-5)9-7-12(4)15-8-6-11(3)13(15)14(15)16/h10-14H,6-9H2,1-5H3/t11-,12-,13+,14-,15-,16?/m1/s1. The van der Waals surface area contributed by atoms with Crippen LogP contribution >= 0.6 is 0 Å². The molecule has 0 saturated heterocycles. The molecule has 3 saturated carbocycles. The average molecular weight is 236 g/mol. The Morgan fingerprint density at radius 1 is 1.12 bits per heavy atom. The summed E-state index contributed by atoms with van der Waals surface area (Å²) >= 11 is 0. The van der Waals surface area contributed by atoms with E-state index >= 15 is 0 Å². The van der Waals surface area contributed by atoms with Gasteiger partial charge in [-0.05, 0) is 60.7 Å². The van der Waals surface area contributed by atoms with E-state index in [4.69, 9.17) is 4.74 Å². The molecule has 0 aromatic rings. The first-order valence-corrected chi connectivity index (χ1v) is 7.56. The predicted octanol–water partition coefficient (Wildman–Crippen LogP) is 4.12. The summed E-state index contributed by atoms with van der Waals surface area (Å²) in [5.74, 6) is 4.38. The fourth-order valence-electron chi connectivity index (χ4n) is 5.95. The van der Waals surface area contributed by atoms with Crippen LogP contribution in [0.3, 0.4) is 0 Å². The highest BCUT2D eigenvalue weighted by Gasteiger charge is 2.78. The lowest BCUT2D eigenvalue weighted by Crippen LogP contribution is -2.46. The molecule has 0 N–H and O–H groups in total. The molecule has 1 unspecified atom stereocenters. The van der Waals surface area contributed by atoms with Crippen molar-refractivity contribution >= 4 is 0 Å². The molecule has 0 aromatic heterocycles. The summed E-state index contributed by atoms with van der Waals surface area (Å²) in [4.78, 5) is 0. The Kier molecular flexibility index (Phi) is 2.47. The molecular formula is C16H28O. The highest BCUT2D eigenvalue weighted by atomic mass is 16.5. The van der Waals surface area contributed by atoms with E-state index in [0.717, 1.165) is 23.7 Å². The molecule has 3 aliphatic rings. The third-order valence-electron chi connectivity index (χ3n) is 6.86. The van der Waals surface area contributed by atoms with Gasteiger partial charge in [0.1, 0.15) is 0 Å². The number of fused-ring (bicyclic) bond motifs is 1. The predicted molar refractivity (Wildman–Crippen MR) is 70.8 cm³/mol. The molecule has 98 valence electrons. The fraction of sp³-hybridized carbons (Fsp3) is 1.00. The second kappa shape index (κ2) is 3.50. The van der Waals surface area contributed by atoms with Crippen molar-refractivity contribution in [3.05, 3.63) is 0 Å². The molecule has 0 bridgehead atoms. The Hall–Kier alpha value is -0.0400. The number of rotatable bonds is 2. The van der Waals surface area contributed by atoms with E-state index in [2.05, 4.69) is 27.7 Å². The molecule has 17 heavy (non-hydrogen) atoms. The fourth-order valence-corrected chi connectivity index (χ4v) is 5.95. The number of hydrogen-bond donors (Lipinski definition) is 0. The van der Waals surface area contributed by atoms with Gasteiger partial charge < -0.3 is 4.74 Å². The second-order valence-corrected chi connectivity index (χ2v) is 7.39. The van der Waals surface area contributed by atoms with Gasteiger partial charge in [-0.2, -0.15) is 0 Å². The van der Waals surface area contributed by atoms with E-state index < -0.39 is 0 Å². The van der Waals surface area contributed by atoms with Gasteiger partial charge in [-0.3, -0.25) is 0 Å². The normalized spacial score (nSPS) is 56.8. The van der Waals surface area contributed by atoms with Crippen LogP contribution in [0.2, 0.25) is 0 Å². The molecule has 3 fully saturated rings. The zero-order valence-corrected chi connectivity index (χ0v) is 12.1. The van der Waals surface area contributed by atoms with Gasteiger partial charge in [0, 0.05) is 7.11 Å². The van der Waals surface area contributed by atoms with Crippen LogP contribution in [0, 0.1) is 35.0 Å². The van der Waals surface area contributed by atoms with Crippen molar-refractivity contribution in [2.75, 3.05) is 7.11 Å². The maximum atomic E-state index is 6.12. The van der Waals surface area contributed by atoms with Gasteiger partial charge in [-0.1, -0.05) is 27.7 Å². The SMILES string of the molecule is COC1(C(C)C)CC[C@@H](C)[C@]23CC[C@@H](C)[C@H]2[C@@H]13. The van der Waals surface area contributed by atoms with Crippen LogP contribution in [0.4, 0.5) is 0 Å². The Bertz CT molecular complexity index is 323. The maximum Gasteiger partial charge on any atom is 0.0738 e. The van der Waals surface area contributed by atoms with Crippen LogP contribution in [-0.4, -0.2) is 12.7 Å². The molecule has 1 nitrogen and oxygen atoms in total. The van der Waals surface area contributed by atoms with Gasteiger partial charge in [0.15, 0.2) is 0 Å². The van der Waals surface area contributed by atoms with Gasteiger partial charge >= 0.3 is 0 Å². The quantitative estimate of drug-likeness (QED) is 0.701. The van der Waals surface area contributed by atoms with Crippen molar-refractivity contribution in [2.24, 2.45) is 35.0 Å². The van der Waals surface area contributed by atoms with E-state index in [-0.39, 0.29) is 5.60 Å². The van der Waals surface area contributed by atoms with Gasteiger partial charge in [0.25, 0.3) is 0 Å². The van der Waals surface area contributed by atoms with Crippen molar-refractivity contribution in [3.63, 3.8) is 0 Å². The van der Waals surface area contributed by atoms with Crippen molar-refractivity contribution in [1.29, 1.82) is 0 Å². The third kappa shape index (κ3) is 1.20. The van der Waals surface area contributed by atoms with E-state index in [9.17, 15) is 0 Å². The molecule has 1 heteroatoms. The molecular weight excluding hydrogens is 208 g/mol. The Labute approximate surface area is 106 Å². The second-order valence-electron chi connectivity index (χ2n) is 7.39. The van der Waals surface area contributed by atoms with Crippen molar-refractivity contribution < 1.29 is 4.74 Å². The van der Waals surface area contributed by atoms with Gasteiger partial charge in [0.05, 0.1) is 5.60 Å². The van der Waals surface area contributed by atoms with Crippen LogP contribution in [-0.2, 0) is 4.74 Å². The first-order valence-electron chi connectivity index (χ1n) is 7.56. The zero-order chi connectivity index (χ0) is 12.4. The molecule has 3 rings (SSSR count). The molecule has 6 atom stereocenters. The molecule has 0 radical (unpaired) electrons. The van der Waals surface area contributed by atoms with Crippen molar-refractivity contribution in [3.8, 4) is 0 Å². The summed E-state index contributed by atoms with van der Waals surface area (Å²) in [6.07, 6.45) is 5.61. The average Bonchev–Trinajstić information content (AvgIpc) is 2.89. The highest BCUT2D eigenvalue weighted by Crippen LogP contribution is 2.80. The maximum absolute atomic E-state index is 6.12. The molecule has 0 aliphatic heterocycles. The first-order chi connectivity index (χ1) is 8.00. The summed E-state index contributed by atoms with van der Waals surface area (Å²) in [5.41, 5.74) is 0.879. The Balaban J connectivity index is 1.98. The highest BCUT2D eigenvalue weighted by molar-refractivity contribution is 5.26. The van der Waals surface area contributed by atoms with Crippen molar-refractivity contribution in [1.82, 2.24) is 0 Å². The lowest BCUT2D eigenvalue weighted by Gasteiger charge is -2.45. The summed E-state index contributed by atoms with van der Waals surface area (Å²) in [6, 6.07) is 0. The van der Waals surface area contributed by atoms with Crippen LogP contribution in [0.25, 0.3) is 0 Å². The Morgan fingerprint density at radius 2 is 1.82 bits per heavy atom. The van der Waals surface area contributed by atoms with Gasteiger partial charge in [-0.25, -0.2) is 0 Å². The Morgan fingerprint density at radius 3 is 2.41 bits per heavy atom. The minimum atomic E-state index is 0.200. The summed E-state index contributed by atoms with van der Waals surface area (Å²) in [6.45, 7) is 9.72. The van der Waals surface area contributed by atoms with Crippen LogP contribution in [0.15, 0.2) is 0 Å². The third-order valence-corrected chi connectivity index (χ3v) is 6.86. The lowest BCUT2D eigenvalue weighted by atomic mass is 9.67. The van der Waals surface area contributed by atoms with Crippen molar-refractivity contribution in [2.45, 2.75) is 59.0 Å². The summed E-state index contributed by atoms with van der Waals surface area (Å²) in [5, 5.41) is 0. The van der Waals surface area contributed by atoms with E-state index in [1.807, 2.05) is 7.11 Å². The van der Waals surface area contributed by atoms with E-state index in [0.29, 0.717) is 11.3 Å². The molecule has 0 amide bonds. The van der Waals surface area contributed by atoms with Gasteiger partial charge in [0.2, 0.25) is 0 Å². The zero-order valence-electron chi connectivity index (χ0n) is 12.1. The first kappa shape index (κ1) is 12.0. The number of methoxy groups -OCH3 is 1. The van der Waals surface area contributed by atoms with E-state index in [1.165, 1.54) is 25.7 Å². The minimum Gasteiger partial charge on any atom is -0.378 e. The summed E-state index contributed by atoms with van der Waals surface area (Å²) in [7, 11) is 1.96.